The highest BCUT2D eigenvalue weighted by molar-refractivity contribution is 6.21. The zero-order valence-electron chi connectivity index (χ0n) is 14.3. The molecule has 2 aliphatic rings. The van der Waals surface area contributed by atoms with Gasteiger partial charge in [-0.2, -0.15) is 0 Å². The Balaban J connectivity index is 1.74. The molecule has 0 bridgehead atoms. The first-order chi connectivity index (χ1) is 11.4. The second-order valence-electron chi connectivity index (χ2n) is 6.69. The molecule has 1 aromatic carbocycles. The molecule has 6 nitrogen and oxygen atoms in total. The number of fused-ring (bicyclic) bond motifs is 1. The zero-order valence-corrected chi connectivity index (χ0v) is 14.3. The number of carbonyl (C=O) groups excluding carboxylic acids is 3. The molecule has 0 radical (unpaired) electrons. The van der Waals surface area contributed by atoms with Crippen molar-refractivity contribution in [1.82, 2.24) is 15.1 Å². The Morgan fingerprint density at radius 1 is 1.08 bits per heavy atom. The van der Waals surface area contributed by atoms with Crippen molar-refractivity contribution < 1.29 is 14.4 Å². The third kappa shape index (κ3) is 2.66. The number of imide groups is 1. The van der Waals surface area contributed by atoms with Gasteiger partial charge >= 0.3 is 6.03 Å². The Kier molecular flexibility index (Phi) is 4.30. The molecule has 0 aliphatic carbocycles. The normalized spacial score (nSPS) is 24.8. The van der Waals surface area contributed by atoms with Crippen LogP contribution in [0.4, 0.5) is 4.79 Å². The molecule has 6 heteroatoms. The van der Waals surface area contributed by atoms with Crippen molar-refractivity contribution in [2.45, 2.75) is 58.3 Å². The lowest BCUT2D eigenvalue weighted by molar-refractivity contribution is 0.0562. The fourth-order valence-corrected chi connectivity index (χ4v) is 3.70. The van der Waals surface area contributed by atoms with Crippen LogP contribution in [0, 0.1) is 0 Å². The number of carbonyl (C=O) groups is 3. The maximum absolute atomic E-state index is 12.6. The summed E-state index contributed by atoms with van der Waals surface area (Å²) in [7, 11) is 0. The number of nitrogens with one attached hydrogen (secondary N) is 1. The lowest BCUT2D eigenvalue weighted by atomic mass is 9.98. The molecule has 1 fully saturated rings. The summed E-state index contributed by atoms with van der Waals surface area (Å²) in [5.74, 6) is -0.716. The molecule has 0 saturated carbocycles. The number of urea groups is 1. The lowest BCUT2D eigenvalue weighted by Crippen LogP contribution is -2.57. The Morgan fingerprint density at radius 3 is 2.08 bits per heavy atom. The molecule has 0 spiro atoms. The van der Waals surface area contributed by atoms with Crippen LogP contribution in [-0.4, -0.2) is 45.9 Å². The van der Waals surface area contributed by atoms with Crippen LogP contribution >= 0.6 is 0 Å². The van der Waals surface area contributed by atoms with E-state index in [1.165, 1.54) is 0 Å². The minimum absolute atomic E-state index is 0.156. The Hall–Kier alpha value is -2.37. The monoisotopic (exact) mass is 329 g/mol. The van der Waals surface area contributed by atoms with Gasteiger partial charge in [-0.05, 0) is 52.2 Å². The van der Waals surface area contributed by atoms with E-state index >= 15 is 0 Å². The molecule has 4 amide bonds. The summed E-state index contributed by atoms with van der Waals surface area (Å²) in [6.07, 6.45) is 2.37. The van der Waals surface area contributed by atoms with Crippen molar-refractivity contribution >= 4 is 17.8 Å². The third-order valence-electron chi connectivity index (χ3n) is 4.97. The van der Waals surface area contributed by atoms with E-state index in [0.717, 1.165) is 24.2 Å². The van der Waals surface area contributed by atoms with Gasteiger partial charge in [-0.25, -0.2) is 4.79 Å². The second-order valence-corrected chi connectivity index (χ2v) is 6.69. The van der Waals surface area contributed by atoms with Crippen LogP contribution in [0.25, 0.3) is 0 Å². The fourth-order valence-electron chi connectivity index (χ4n) is 3.70. The van der Waals surface area contributed by atoms with Gasteiger partial charge in [0.25, 0.3) is 11.8 Å². The first kappa shape index (κ1) is 16.5. The predicted molar refractivity (Wildman–Crippen MR) is 89.5 cm³/mol. The minimum atomic E-state index is -0.689. The highest BCUT2D eigenvalue weighted by Crippen LogP contribution is 2.25. The number of rotatable bonds is 2. The van der Waals surface area contributed by atoms with Crippen LogP contribution in [0.1, 0.15) is 60.7 Å². The van der Waals surface area contributed by atoms with Crippen molar-refractivity contribution in [2.24, 2.45) is 0 Å². The van der Waals surface area contributed by atoms with E-state index in [0.29, 0.717) is 11.1 Å². The van der Waals surface area contributed by atoms with Crippen molar-refractivity contribution in [1.29, 1.82) is 0 Å². The third-order valence-corrected chi connectivity index (χ3v) is 4.97. The quantitative estimate of drug-likeness (QED) is 0.848. The van der Waals surface area contributed by atoms with E-state index in [1.54, 1.807) is 31.2 Å². The van der Waals surface area contributed by atoms with Crippen molar-refractivity contribution in [3.8, 4) is 0 Å². The van der Waals surface area contributed by atoms with E-state index in [-0.39, 0.29) is 29.9 Å². The number of hydrogen-bond acceptors (Lipinski definition) is 3. The molecule has 3 rings (SSSR count). The number of piperidine rings is 1. The second kappa shape index (κ2) is 6.26. The molecule has 0 aromatic heterocycles. The summed E-state index contributed by atoms with van der Waals surface area (Å²) >= 11 is 0. The van der Waals surface area contributed by atoms with Crippen molar-refractivity contribution in [3.63, 3.8) is 0 Å². The molecule has 1 aromatic rings. The first-order valence-corrected chi connectivity index (χ1v) is 8.47. The molecule has 3 unspecified atom stereocenters. The molecule has 2 heterocycles. The molecular formula is C18H23N3O3. The van der Waals surface area contributed by atoms with E-state index in [9.17, 15) is 14.4 Å². The Bertz CT molecular complexity index is 643. The predicted octanol–water partition coefficient (Wildman–Crippen LogP) is 2.60. The summed E-state index contributed by atoms with van der Waals surface area (Å²) < 4.78 is 0. The number of amides is 4. The molecule has 2 aliphatic heterocycles. The number of hydrogen-bond donors (Lipinski definition) is 1. The van der Waals surface area contributed by atoms with Gasteiger partial charge in [0.1, 0.15) is 6.17 Å². The standard InChI is InChI=1S/C18H23N3O3/c1-11-7-6-8-12(2)20(11)18(24)19-13(3)21-16(22)14-9-4-5-10-15(14)17(21)23/h4-5,9-13H,6-8H2,1-3H3,(H,19,24). The summed E-state index contributed by atoms with van der Waals surface area (Å²) in [4.78, 5) is 40.5. The molecular weight excluding hydrogens is 306 g/mol. The average Bonchev–Trinajstić information content (AvgIpc) is 2.79. The smallest absolute Gasteiger partial charge is 0.319 e. The SMILES string of the molecule is CC(NC(=O)N1C(C)CCCC1C)N1C(=O)c2ccccc2C1=O. The van der Waals surface area contributed by atoms with Crippen LogP contribution in [0.2, 0.25) is 0 Å². The van der Waals surface area contributed by atoms with Gasteiger partial charge in [0.15, 0.2) is 0 Å². The van der Waals surface area contributed by atoms with Gasteiger partial charge in [-0.1, -0.05) is 12.1 Å². The Labute approximate surface area is 141 Å². The minimum Gasteiger partial charge on any atom is -0.319 e. The first-order valence-electron chi connectivity index (χ1n) is 8.47. The zero-order chi connectivity index (χ0) is 17.4. The lowest BCUT2D eigenvalue weighted by Gasteiger charge is -2.40. The molecule has 1 N–H and O–H groups in total. The van der Waals surface area contributed by atoms with Gasteiger partial charge in [-0.3, -0.25) is 14.5 Å². The number of likely N-dealkylation sites (tertiary alicyclic amines) is 1. The summed E-state index contributed by atoms with van der Waals surface area (Å²) in [6.45, 7) is 5.72. The van der Waals surface area contributed by atoms with E-state index in [4.69, 9.17) is 0 Å². The van der Waals surface area contributed by atoms with Crippen molar-refractivity contribution in [3.05, 3.63) is 35.4 Å². The van der Waals surface area contributed by atoms with Crippen LogP contribution in [-0.2, 0) is 0 Å². The summed E-state index contributed by atoms with van der Waals surface area (Å²) in [6, 6.07) is 6.82. The summed E-state index contributed by atoms with van der Waals surface area (Å²) in [5, 5.41) is 2.82. The summed E-state index contributed by atoms with van der Waals surface area (Å²) in [5.41, 5.74) is 0.784. The van der Waals surface area contributed by atoms with Crippen LogP contribution in [0.5, 0.6) is 0 Å². The molecule has 3 atom stereocenters. The topological polar surface area (TPSA) is 69.7 Å². The van der Waals surface area contributed by atoms with E-state index < -0.39 is 6.17 Å². The van der Waals surface area contributed by atoms with Gasteiger partial charge in [0.05, 0.1) is 11.1 Å². The maximum atomic E-state index is 12.6. The molecule has 24 heavy (non-hydrogen) atoms. The van der Waals surface area contributed by atoms with Crippen LogP contribution < -0.4 is 5.32 Å². The van der Waals surface area contributed by atoms with Gasteiger partial charge in [0, 0.05) is 12.1 Å². The van der Waals surface area contributed by atoms with E-state index in [2.05, 4.69) is 5.32 Å². The van der Waals surface area contributed by atoms with Gasteiger partial charge in [-0.15, -0.1) is 0 Å². The van der Waals surface area contributed by atoms with Crippen LogP contribution in [0.3, 0.4) is 0 Å². The van der Waals surface area contributed by atoms with E-state index in [1.807, 2.05) is 18.7 Å². The van der Waals surface area contributed by atoms with Gasteiger partial charge in [0.2, 0.25) is 0 Å². The largest absolute Gasteiger partial charge is 0.319 e. The maximum Gasteiger partial charge on any atom is 0.319 e. The highest BCUT2D eigenvalue weighted by Gasteiger charge is 2.39. The van der Waals surface area contributed by atoms with Gasteiger partial charge < -0.3 is 10.2 Å². The number of nitrogens with zero attached hydrogens (tertiary/aromatic N) is 2. The van der Waals surface area contributed by atoms with Crippen molar-refractivity contribution in [2.75, 3.05) is 0 Å². The molecule has 128 valence electrons. The Morgan fingerprint density at radius 2 is 1.58 bits per heavy atom. The van der Waals surface area contributed by atoms with Crippen LogP contribution in [0.15, 0.2) is 24.3 Å². The average molecular weight is 329 g/mol. The molecule has 1 saturated heterocycles. The number of benzene rings is 1. The highest BCUT2D eigenvalue weighted by atomic mass is 16.2. The fraction of sp³-hybridized carbons (Fsp3) is 0.500.